The highest BCUT2D eigenvalue weighted by Gasteiger charge is 2.16. The van der Waals surface area contributed by atoms with E-state index in [2.05, 4.69) is 12.2 Å². The maximum absolute atomic E-state index is 12.3. The summed E-state index contributed by atoms with van der Waals surface area (Å²) in [5.41, 5.74) is 0.588. The fraction of sp³-hybridized carbons (Fsp3) is 0.286. The summed E-state index contributed by atoms with van der Waals surface area (Å²) >= 11 is 1.45. The highest BCUT2D eigenvalue weighted by atomic mass is 32.1. The molecule has 0 radical (unpaired) electrons. The van der Waals surface area contributed by atoms with Gasteiger partial charge >= 0.3 is 0 Å². The molecule has 1 aromatic carbocycles. The van der Waals surface area contributed by atoms with Gasteiger partial charge in [0.2, 0.25) is 0 Å². The Kier molecular flexibility index (Phi) is 6.68. The molecule has 2 N–H and O–H groups in total. The first-order chi connectivity index (χ1) is 13.2. The molecule has 1 atom stereocenters. The molecule has 2 aromatic heterocycles. The van der Waals surface area contributed by atoms with Gasteiger partial charge in [-0.15, -0.1) is 11.3 Å². The van der Waals surface area contributed by atoms with Gasteiger partial charge in [0.15, 0.2) is 0 Å². The molecule has 6 heteroatoms. The standard InChI is InChI=1S/C21H23NO4S/c1-2-3-12-25-16-8-6-15(7-9-16)21(24)22-14-17-10-11-19(27-17)20(23)18-5-4-13-26-18/h4-11,13,20,23H,2-3,12,14H2,1H3,(H,22,24). The van der Waals surface area contributed by atoms with Crippen molar-refractivity contribution >= 4 is 17.2 Å². The summed E-state index contributed by atoms with van der Waals surface area (Å²) in [6.07, 6.45) is 2.85. The summed E-state index contributed by atoms with van der Waals surface area (Å²) in [6.45, 7) is 3.21. The molecule has 0 saturated heterocycles. The summed E-state index contributed by atoms with van der Waals surface area (Å²) < 4.78 is 10.8. The van der Waals surface area contributed by atoms with Crippen molar-refractivity contribution in [2.45, 2.75) is 32.4 Å². The van der Waals surface area contributed by atoms with Gasteiger partial charge in [0.05, 0.1) is 19.4 Å². The number of nitrogens with one attached hydrogen (secondary N) is 1. The summed E-state index contributed by atoms with van der Waals surface area (Å²) in [6, 6.07) is 14.4. The molecule has 0 spiro atoms. The van der Waals surface area contributed by atoms with E-state index in [0.29, 0.717) is 24.5 Å². The lowest BCUT2D eigenvalue weighted by molar-refractivity contribution is 0.0951. The number of aliphatic hydroxyl groups excluding tert-OH is 1. The summed E-state index contributed by atoms with van der Waals surface area (Å²) in [4.78, 5) is 14.0. The van der Waals surface area contributed by atoms with Crippen LogP contribution in [0, 0.1) is 0 Å². The first-order valence-corrected chi connectivity index (χ1v) is 9.80. The number of carbonyl (C=O) groups excluding carboxylic acids is 1. The monoisotopic (exact) mass is 385 g/mol. The predicted octanol–water partition coefficient (Wildman–Crippen LogP) is 4.53. The molecule has 0 bridgehead atoms. The second kappa shape index (κ2) is 9.39. The van der Waals surface area contributed by atoms with Crippen molar-refractivity contribution in [3.05, 3.63) is 75.9 Å². The van der Waals surface area contributed by atoms with Gasteiger partial charge in [-0.05, 0) is 55.0 Å². The number of thiophene rings is 1. The van der Waals surface area contributed by atoms with E-state index in [-0.39, 0.29) is 5.91 Å². The minimum Gasteiger partial charge on any atom is -0.494 e. The number of furan rings is 1. The van der Waals surface area contributed by atoms with Gasteiger partial charge in [0, 0.05) is 15.3 Å². The van der Waals surface area contributed by atoms with Crippen molar-refractivity contribution in [1.82, 2.24) is 5.32 Å². The number of hydrogen-bond acceptors (Lipinski definition) is 5. The summed E-state index contributed by atoms with van der Waals surface area (Å²) in [5, 5.41) is 13.2. The minimum atomic E-state index is -0.783. The van der Waals surface area contributed by atoms with Crippen LogP contribution in [0.5, 0.6) is 5.75 Å². The van der Waals surface area contributed by atoms with E-state index < -0.39 is 6.10 Å². The van der Waals surface area contributed by atoms with Crippen molar-refractivity contribution < 1.29 is 19.1 Å². The Morgan fingerprint density at radius 2 is 2.04 bits per heavy atom. The normalized spacial score (nSPS) is 11.9. The molecule has 5 nitrogen and oxygen atoms in total. The molecular weight excluding hydrogens is 362 g/mol. The molecule has 1 unspecified atom stereocenters. The Balaban J connectivity index is 1.52. The third kappa shape index (κ3) is 5.21. The number of aliphatic hydroxyl groups is 1. The number of unbranched alkanes of at least 4 members (excludes halogenated alkanes) is 1. The van der Waals surface area contributed by atoms with E-state index in [1.165, 1.54) is 17.6 Å². The molecule has 3 aromatic rings. The average molecular weight is 385 g/mol. The van der Waals surface area contributed by atoms with Gasteiger partial charge in [0.1, 0.15) is 17.6 Å². The van der Waals surface area contributed by atoms with Crippen molar-refractivity contribution in [3.8, 4) is 5.75 Å². The van der Waals surface area contributed by atoms with Gasteiger partial charge < -0.3 is 19.6 Å². The van der Waals surface area contributed by atoms with Crippen LogP contribution in [-0.4, -0.2) is 17.6 Å². The van der Waals surface area contributed by atoms with Gasteiger partial charge in [0.25, 0.3) is 5.91 Å². The van der Waals surface area contributed by atoms with Gasteiger partial charge in [-0.25, -0.2) is 0 Å². The lowest BCUT2D eigenvalue weighted by Crippen LogP contribution is -2.22. The lowest BCUT2D eigenvalue weighted by Gasteiger charge is -2.07. The SMILES string of the molecule is CCCCOc1ccc(C(=O)NCc2ccc(C(O)c3ccco3)s2)cc1. The number of carbonyl (C=O) groups is 1. The Morgan fingerprint density at radius 3 is 2.74 bits per heavy atom. The molecule has 2 heterocycles. The van der Waals surface area contributed by atoms with E-state index in [1.807, 2.05) is 24.3 Å². The van der Waals surface area contributed by atoms with Crippen LogP contribution in [0.4, 0.5) is 0 Å². The molecule has 1 amide bonds. The van der Waals surface area contributed by atoms with Crippen LogP contribution in [0.2, 0.25) is 0 Å². The minimum absolute atomic E-state index is 0.142. The van der Waals surface area contributed by atoms with Crippen LogP contribution in [-0.2, 0) is 6.54 Å². The Bertz CT molecular complexity index is 839. The highest BCUT2D eigenvalue weighted by Crippen LogP contribution is 2.28. The number of amides is 1. The van der Waals surface area contributed by atoms with E-state index in [1.54, 1.807) is 24.3 Å². The first-order valence-electron chi connectivity index (χ1n) is 8.98. The fourth-order valence-electron chi connectivity index (χ4n) is 2.53. The molecule has 27 heavy (non-hydrogen) atoms. The van der Waals surface area contributed by atoms with Gasteiger partial charge in [-0.3, -0.25) is 4.79 Å². The third-order valence-electron chi connectivity index (χ3n) is 4.07. The maximum Gasteiger partial charge on any atom is 0.251 e. The van der Waals surface area contributed by atoms with Crippen LogP contribution >= 0.6 is 11.3 Å². The highest BCUT2D eigenvalue weighted by molar-refractivity contribution is 7.12. The topological polar surface area (TPSA) is 71.7 Å². The van der Waals surface area contributed by atoms with Gasteiger partial charge in [-0.1, -0.05) is 13.3 Å². The number of ether oxygens (including phenoxy) is 1. The zero-order chi connectivity index (χ0) is 19.1. The third-order valence-corrected chi connectivity index (χ3v) is 5.21. The summed E-state index contributed by atoms with van der Waals surface area (Å²) in [5.74, 6) is 1.14. The van der Waals surface area contributed by atoms with E-state index in [0.717, 1.165) is 28.3 Å². The van der Waals surface area contributed by atoms with Crippen molar-refractivity contribution in [2.75, 3.05) is 6.61 Å². The average Bonchev–Trinajstić information content (AvgIpc) is 3.38. The van der Waals surface area contributed by atoms with E-state index in [4.69, 9.17) is 9.15 Å². The molecule has 3 rings (SSSR count). The molecule has 142 valence electrons. The van der Waals surface area contributed by atoms with E-state index in [9.17, 15) is 9.90 Å². The zero-order valence-electron chi connectivity index (χ0n) is 15.2. The Hall–Kier alpha value is -2.57. The van der Waals surface area contributed by atoms with Gasteiger partial charge in [-0.2, -0.15) is 0 Å². The van der Waals surface area contributed by atoms with Crippen LogP contribution in [0.15, 0.2) is 59.2 Å². The van der Waals surface area contributed by atoms with Crippen LogP contribution in [0.25, 0.3) is 0 Å². The van der Waals surface area contributed by atoms with Crippen molar-refractivity contribution in [3.63, 3.8) is 0 Å². The molecular formula is C21H23NO4S. The Morgan fingerprint density at radius 1 is 1.22 bits per heavy atom. The number of benzene rings is 1. The summed E-state index contributed by atoms with van der Waals surface area (Å²) in [7, 11) is 0. The molecule has 0 aliphatic carbocycles. The molecule has 0 aliphatic rings. The van der Waals surface area contributed by atoms with Crippen molar-refractivity contribution in [1.29, 1.82) is 0 Å². The van der Waals surface area contributed by atoms with E-state index >= 15 is 0 Å². The fourth-order valence-corrected chi connectivity index (χ4v) is 3.48. The number of rotatable bonds is 9. The van der Waals surface area contributed by atoms with Crippen LogP contribution in [0.1, 0.15) is 51.7 Å². The predicted molar refractivity (Wildman–Crippen MR) is 105 cm³/mol. The van der Waals surface area contributed by atoms with Crippen LogP contribution < -0.4 is 10.1 Å². The lowest BCUT2D eigenvalue weighted by atomic mass is 10.2. The Labute approximate surface area is 162 Å². The smallest absolute Gasteiger partial charge is 0.251 e. The quantitative estimate of drug-likeness (QED) is 0.531. The first kappa shape index (κ1) is 19.2. The zero-order valence-corrected chi connectivity index (χ0v) is 16.0. The number of hydrogen-bond donors (Lipinski definition) is 2. The maximum atomic E-state index is 12.3. The second-order valence-corrected chi connectivity index (χ2v) is 7.33. The van der Waals surface area contributed by atoms with Crippen molar-refractivity contribution in [2.24, 2.45) is 0 Å². The molecule has 0 saturated carbocycles. The van der Waals surface area contributed by atoms with Crippen LogP contribution in [0.3, 0.4) is 0 Å². The molecule has 0 aliphatic heterocycles. The second-order valence-electron chi connectivity index (χ2n) is 6.13. The largest absolute Gasteiger partial charge is 0.494 e. The molecule has 0 fully saturated rings.